The summed E-state index contributed by atoms with van der Waals surface area (Å²) < 4.78 is 6.00. The third-order valence-corrected chi connectivity index (χ3v) is 4.78. The van der Waals surface area contributed by atoms with E-state index in [9.17, 15) is 9.59 Å². The first-order chi connectivity index (χ1) is 10.8. The average molecular weight is 313 g/mol. The van der Waals surface area contributed by atoms with Crippen LogP contribution in [0.4, 0.5) is 5.88 Å². The van der Waals surface area contributed by atoms with Gasteiger partial charge in [0.2, 0.25) is 11.3 Å². The summed E-state index contributed by atoms with van der Waals surface area (Å²) in [7, 11) is 0. The van der Waals surface area contributed by atoms with E-state index in [1.807, 2.05) is 24.0 Å². The monoisotopic (exact) mass is 313 g/mol. The number of rotatable bonds is 2. The van der Waals surface area contributed by atoms with E-state index in [0.29, 0.717) is 22.3 Å². The van der Waals surface area contributed by atoms with Gasteiger partial charge in [-0.3, -0.25) is 9.59 Å². The molecule has 0 aliphatic carbocycles. The van der Waals surface area contributed by atoms with Gasteiger partial charge in [-0.1, -0.05) is 25.5 Å². The van der Waals surface area contributed by atoms with E-state index < -0.39 is 0 Å². The van der Waals surface area contributed by atoms with Crippen LogP contribution in [0.5, 0.6) is 0 Å². The predicted octanol–water partition coefficient (Wildman–Crippen LogP) is 3.93. The Morgan fingerprint density at radius 2 is 1.87 bits per heavy atom. The Bertz CT molecular complexity index is 822. The Kier molecular flexibility index (Phi) is 3.78. The highest BCUT2D eigenvalue weighted by Crippen LogP contribution is 2.34. The maximum Gasteiger partial charge on any atom is 0.210 e. The highest BCUT2D eigenvalue weighted by atomic mass is 16.4. The van der Waals surface area contributed by atoms with Crippen molar-refractivity contribution < 1.29 is 9.21 Å². The van der Waals surface area contributed by atoms with Crippen LogP contribution in [0.25, 0.3) is 11.0 Å². The van der Waals surface area contributed by atoms with Gasteiger partial charge in [-0.2, -0.15) is 0 Å². The Labute approximate surface area is 136 Å². The van der Waals surface area contributed by atoms with Crippen molar-refractivity contribution in [2.75, 3.05) is 18.0 Å². The largest absolute Gasteiger partial charge is 0.439 e. The number of benzene rings is 1. The summed E-state index contributed by atoms with van der Waals surface area (Å²) in [5, 5.41) is 0.483. The lowest BCUT2D eigenvalue weighted by atomic mass is 9.82. The number of anilines is 1. The Balaban J connectivity index is 2.16. The second kappa shape index (κ2) is 5.52. The van der Waals surface area contributed by atoms with Gasteiger partial charge in [0.25, 0.3) is 0 Å². The zero-order valence-corrected chi connectivity index (χ0v) is 14.2. The molecule has 0 spiro atoms. The van der Waals surface area contributed by atoms with Crippen LogP contribution >= 0.6 is 0 Å². The van der Waals surface area contributed by atoms with Crippen LogP contribution < -0.4 is 10.3 Å². The molecule has 3 rings (SSSR count). The summed E-state index contributed by atoms with van der Waals surface area (Å²) in [6.07, 6.45) is 2.03. The smallest absolute Gasteiger partial charge is 0.210 e. The minimum absolute atomic E-state index is 0.183. The van der Waals surface area contributed by atoms with E-state index in [1.165, 1.54) is 6.92 Å². The number of aryl methyl sites for hydroxylation is 1. The number of nitrogens with zero attached hydrogens (tertiary/aromatic N) is 1. The number of fused-ring (bicyclic) bond motifs is 1. The van der Waals surface area contributed by atoms with E-state index in [0.717, 1.165) is 31.5 Å². The van der Waals surface area contributed by atoms with E-state index in [-0.39, 0.29) is 16.8 Å². The predicted molar refractivity (Wildman–Crippen MR) is 92.5 cm³/mol. The number of carbonyl (C=O) groups excluding carboxylic acids is 1. The van der Waals surface area contributed by atoms with Gasteiger partial charge in [-0.05, 0) is 44.2 Å². The van der Waals surface area contributed by atoms with Gasteiger partial charge in [-0.15, -0.1) is 0 Å². The third-order valence-electron chi connectivity index (χ3n) is 4.78. The maximum absolute atomic E-state index is 12.8. The van der Waals surface area contributed by atoms with E-state index >= 15 is 0 Å². The summed E-state index contributed by atoms with van der Waals surface area (Å²) in [4.78, 5) is 26.9. The molecule has 0 N–H and O–H groups in total. The molecule has 23 heavy (non-hydrogen) atoms. The standard InChI is InChI=1S/C19H23NO3/c1-12-5-6-15-14(11-12)17(22)16(13(2)21)18(23-15)20-9-7-19(3,4)8-10-20/h5-6,11H,7-10H2,1-4H3. The van der Waals surface area contributed by atoms with E-state index in [1.54, 1.807) is 6.07 Å². The molecule has 1 aromatic heterocycles. The van der Waals surface area contributed by atoms with E-state index in [2.05, 4.69) is 13.8 Å². The quantitative estimate of drug-likeness (QED) is 0.788. The highest BCUT2D eigenvalue weighted by Gasteiger charge is 2.30. The van der Waals surface area contributed by atoms with Gasteiger partial charge in [0.1, 0.15) is 11.1 Å². The summed E-state index contributed by atoms with van der Waals surface area (Å²) in [5.41, 5.74) is 1.78. The lowest BCUT2D eigenvalue weighted by Crippen LogP contribution is -2.38. The molecule has 0 bridgehead atoms. The number of ketones is 1. The van der Waals surface area contributed by atoms with Crippen LogP contribution in [0.1, 0.15) is 49.5 Å². The Hall–Kier alpha value is -2.10. The molecule has 0 unspecified atom stereocenters. The van der Waals surface area contributed by atoms with Crippen molar-refractivity contribution in [3.05, 3.63) is 39.5 Å². The first-order valence-electron chi connectivity index (χ1n) is 8.12. The van der Waals surface area contributed by atoms with Crippen molar-refractivity contribution in [1.82, 2.24) is 0 Å². The maximum atomic E-state index is 12.8. The number of carbonyl (C=O) groups is 1. The van der Waals surface area contributed by atoms with Crippen molar-refractivity contribution >= 4 is 22.6 Å². The van der Waals surface area contributed by atoms with Crippen molar-refractivity contribution in [3.63, 3.8) is 0 Å². The fourth-order valence-electron chi connectivity index (χ4n) is 3.15. The molecule has 1 aliphatic heterocycles. The topological polar surface area (TPSA) is 50.5 Å². The van der Waals surface area contributed by atoms with Crippen molar-refractivity contribution in [2.45, 2.75) is 40.5 Å². The fourth-order valence-corrected chi connectivity index (χ4v) is 3.15. The zero-order valence-electron chi connectivity index (χ0n) is 14.2. The number of hydrogen-bond donors (Lipinski definition) is 0. The molecule has 1 aromatic carbocycles. The zero-order chi connectivity index (χ0) is 16.8. The van der Waals surface area contributed by atoms with Gasteiger partial charge < -0.3 is 9.32 Å². The van der Waals surface area contributed by atoms with Crippen LogP contribution in [0.2, 0.25) is 0 Å². The molecule has 2 heterocycles. The van der Waals surface area contributed by atoms with Crippen LogP contribution in [0, 0.1) is 12.3 Å². The normalized spacial score (nSPS) is 17.5. The second-order valence-corrected chi connectivity index (χ2v) is 7.32. The molecule has 1 aliphatic rings. The second-order valence-electron chi connectivity index (χ2n) is 7.32. The van der Waals surface area contributed by atoms with Crippen molar-refractivity contribution in [2.24, 2.45) is 5.41 Å². The number of piperidine rings is 1. The van der Waals surface area contributed by atoms with Crippen LogP contribution in [-0.4, -0.2) is 18.9 Å². The van der Waals surface area contributed by atoms with Gasteiger partial charge in [0.05, 0.1) is 5.39 Å². The molecular weight excluding hydrogens is 290 g/mol. The first-order valence-corrected chi connectivity index (χ1v) is 8.12. The molecule has 4 heteroatoms. The summed E-state index contributed by atoms with van der Waals surface area (Å²) >= 11 is 0. The summed E-state index contributed by atoms with van der Waals surface area (Å²) in [6.45, 7) is 9.45. The molecule has 0 amide bonds. The molecule has 0 saturated carbocycles. The van der Waals surface area contributed by atoms with Gasteiger partial charge in [0, 0.05) is 13.1 Å². The molecule has 122 valence electrons. The minimum atomic E-state index is -0.234. The molecule has 0 radical (unpaired) electrons. The fraction of sp³-hybridized carbons (Fsp3) is 0.474. The molecule has 1 saturated heterocycles. The van der Waals surface area contributed by atoms with Crippen LogP contribution in [0.3, 0.4) is 0 Å². The minimum Gasteiger partial charge on any atom is -0.439 e. The van der Waals surface area contributed by atoms with Gasteiger partial charge >= 0.3 is 0 Å². The van der Waals surface area contributed by atoms with Crippen LogP contribution in [0.15, 0.2) is 27.4 Å². The summed E-state index contributed by atoms with van der Waals surface area (Å²) in [6, 6.07) is 5.52. The average Bonchev–Trinajstić information content (AvgIpc) is 2.47. The molecule has 0 atom stereocenters. The van der Waals surface area contributed by atoms with Crippen molar-refractivity contribution in [1.29, 1.82) is 0 Å². The third kappa shape index (κ3) is 2.90. The highest BCUT2D eigenvalue weighted by molar-refractivity contribution is 6.01. The van der Waals surface area contributed by atoms with Crippen LogP contribution in [-0.2, 0) is 0 Å². The Morgan fingerprint density at radius 1 is 1.22 bits per heavy atom. The lowest BCUT2D eigenvalue weighted by molar-refractivity contribution is 0.101. The molecule has 2 aromatic rings. The van der Waals surface area contributed by atoms with Gasteiger partial charge in [0.15, 0.2) is 5.78 Å². The number of Topliss-reactive ketones (excluding diaryl/α,β-unsaturated/α-hetero) is 1. The molecule has 4 nitrogen and oxygen atoms in total. The summed E-state index contributed by atoms with van der Waals surface area (Å²) in [5.74, 6) is 0.205. The first kappa shape index (κ1) is 15.8. The molecular formula is C19H23NO3. The lowest BCUT2D eigenvalue weighted by Gasteiger charge is -2.37. The van der Waals surface area contributed by atoms with Crippen molar-refractivity contribution in [3.8, 4) is 0 Å². The van der Waals surface area contributed by atoms with Gasteiger partial charge in [-0.25, -0.2) is 0 Å². The van der Waals surface area contributed by atoms with E-state index in [4.69, 9.17) is 4.42 Å². The SMILES string of the molecule is CC(=O)c1c(N2CCC(C)(C)CC2)oc2ccc(C)cc2c1=O. The number of hydrogen-bond acceptors (Lipinski definition) is 4. The molecule has 1 fully saturated rings. The Morgan fingerprint density at radius 3 is 2.48 bits per heavy atom.